The van der Waals surface area contributed by atoms with E-state index in [4.69, 9.17) is 14.2 Å². The fourth-order valence-electron chi connectivity index (χ4n) is 5.21. The highest BCUT2D eigenvalue weighted by Crippen LogP contribution is 2.63. The molecule has 170 valence electrons. The summed E-state index contributed by atoms with van der Waals surface area (Å²) in [6, 6.07) is 9.51. The lowest BCUT2D eigenvalue weighted by Crippen LogP contribution is -2.68. The number of likely N-dealkylation sites (tertiary alicyclic amines) is 1. The molecule has 1 spiro atoms. The van der Waals surface area contributed by atoms with Gasteiger partial charge in [0, 0.05) is 25.9 Å². The van der Waals surface area contributed by atoms with E-state index in [1.807, 2.05) is 51.1 Å². The number of carbonyl (C=O) groups is 2. The average molecular weight is 433 g/mol. The van der Waals surface area contributed by atoms with Crippen LogP contribution in [-0.4, -0.2) is 64.2 Å². The molecule has 2 bridgehead atoms. The third kappa shape index (κ3) is 4.11. The van der Waals surface area contributed by atoms with Gasteiger partial charge in [0.15, 0.2) is 0 Å². The van der Waals surface area contributed by atoms with Crippen LogP contribution >= 0.6 is 0 Å². The number of aliphatic hydroxyl groups excluding tert-OH is 1. The van der Waals surface area contributed by atoms with Crippen LogP contribution in [-0.2, 0) is 20.8 Å². The highest BCUT2D eigenvalue weighted by atomic mass is 16.6. The number of alkyl carbamates (subject to hydrolysis) is 1. The molecule has 3 heterocycles. The molecule has 8 nitrogen and oxygen atoms in total. The van der Waals surface area contributed by atoms with Crippen molar-refractivity contribution in [3.05, 3.63) is 35.9 Å². The zero-order chi connectivity index (χ0) is 22.3. The minimum atomic E-state index is -0.625. The molecule has 5 rings (SSSR count). The van der Waals surface area contributed by atoms with Crippen LogP contribution in [0.3, 0.4) is 0 Å². The van der Waals surface area contributed by atoms with Gasteiger partial charge in [-0.15, -0.1) is 0 Å². The molecular weight excluding hydrogens is 400 g/mol. The van der Waals surface area contributed by atoms with Gasteiger partial charge in [0.25, 0.3) is 0 Å². The van der Waals surface area contributed by atoms with E-state index in [9.17, 15) is 14.7 Å². The molecule has 1 aliphatic carbocycles. The van der Waals surface area contributed by atoms with Crippen LogP contribution in [0, 0.1) is 0 Å². The number of amides is 2. The maximum absolute atomic E-state index is 12.6. The minimum absolute atomic E-state index is 0.0903. The standard InChI is InChI=1S/C23H32N2O6/c1-20(2,3)30-19(28)25-11-9-23(10-12-25)22(14-21(15-22,16-26)31-23)24-18(27)29-13-17-7-5-4-6-8-17/h4-8,26H,9-16H2,1-3H3,(H,24,27). The predicted octanol–water partition coefficient (Wildman–Crippen LogP) is 2.98. The zero-order valence-electron chi connectivity index (χ0n) is 18.5. The second-order valence-electron chi connectivity index (χ2n) is 10.0. The number of aliphatic hydroxyl groups is 1. The van der Waals surface area contributed by atoms with Crippen molar-refractivity contribution in [2.75, 3.05) is 19.7 Å². The Bertz CT molecular complexity index is 820. The molecule has 3 aliphatic heterocycles. The molecule has 0 radical (unpaired) electrons. The van der Waals surface area contributed by atoms with Gasteiger partial charge in [-0.3, -0.25) is 0 Å². The van der Waals surface area contributed by atoms with Crippen molar-refractivity contribution in [2.24, 2.45) is 0 Å². The quantitative estimate of drug-likeness (QED) is 0.759. The number of nitrogens with zero attached hydrogens (tertiary/aromatic N) is 1. The van der Waals surface area contributed by atoms with Crippen molar-refractivity contribution in [1.82, 2.24) is 10.2 Å². The maximum atomic E-state index is 12.6. The Kier molecular flexibility index (Phi) is 5.42. The van der Waals surface area contributed by atoms with Crippen molar-refractivity contribution in [1.29, 1.82) is 0 Å². The lowest BCUT2D eigenvalue weighted by Gasteiger charge is -2.50. The zero-order valence-corrected chi connectivity index (χ0v) is 18.5. The largest absolute Gasteiger partial charge is 0.445 e. The fourth-order valence-corrected chi connectivity index (χ4v) is 5.21. The first-order valence-electron chi connectivity index (χ1n) is 10.9. The summed E-state index contributed by atoms with van der Waals surface area (Å²) < 4.78 is 17.3. The molecule has 3 saturated heterocycles. The van der Waals surface area contributed by atoms with Crippen LogP contribution in [0.1, 0.15) is 52.0 Å². The fraction of sp³-hybridized carbons (Fsp3) is 0.652. The second kappa shape index (κ2) is 7.67. The third-order valence-corrected chi connectivity index (χ3v) is 6.60. The summed E-state index contributed by atoms with van der Waals surface area (Å²) in [6.07, 6.45) is 1.39. The molecule has 2 amide bonds. The van der Waals surface area contributed by atoms with Gasteiger partial charge < -0.3 is 29.5 Å². The lowest BCUT2D eigenvalue weighted by atomic mass is 9.60. The van der Waals surface area contributed by atoms with Gasteiger partial charge in [-0.1, -0.05) is 30.3 Å². The van der Waals surface area contributed by atoms with Crippen LogP contribution in [0.4, 0.5) is 9.59 Å². The lowest BCUT2D eigenvalue weighted by molar-refractivity contribution is -0.114. The summed E-state index contributed by atoms with van der Waals surface area (Å²) in [5.74, 6) is 0. The molecule has 31 heavy (non-hydrogen) atoms. The second-order valence-corrected chi connectivity index (χ2v) is 10.0. The first-order chi connectivity index (χ1) is 14.6. The summed E-state index contributed by atoms with van der Waals surface area (Å²) >= 11 is 0. The normalized spacial score (nSPS) is 28.7. The third-order valence-electron chi connectivity index (χ3n) is 6.60. The van der Waals surface area contributed by atoms with Crippen molar-refractivity contribution < 1.29 is 28.9 Å². The number of ether oxygens (including phenoxy) is 3. The summed E-state index contributed by atoms with van der Waals surface area (Å²) in [5, 5.41) is 13.0. The van der Waals surface area contributed by atoms with E-state index < -0.39 is 28.4 Å². The van der Waals surface area contributed by atoms with Crippen molar-refractivity contribution in [3.8, 4) is 0 Å². The van der Waals surface area contributed by atoms with Gasteiger partial charge in [0.1, 0.15) is 12.2 Å². The number of benzene rings is 1. The number of carbonyl (C=O) groups excluding carboxylic acids is 2. The highest BCUT2D eigenvalue weighted by Gasteiger charge is 2.75. The highest BCUT2D eigenvalue weighted by molar-refractivity contribution is 5.70. The summed E-state index contributed by atoms with van der Waals surface area (Å²) in [5.41, 5.74) is -1.48. The Labute approximate surface area is 182 Å². The van der Waals surface area contributed by atoms with E-state index in [0.717, 1.165) is 5.56 Å². The van der Waals surface area contributed by atoms with Gasteiger partial charge in [0.05, 0.1) is 23.3 Å². The van der Waals surface area contributed by atoms with Crippen LogP contribution in [0.25, 0.3) is 0 Å². The van der Waals surface area contributed by atoms with Gasteiger partial charge >= 0.3 is 12.2 Å². The Balaban J connectivity index is 1.40. The molecule has 0 atom stereocenters. The Morgan fingerprint density at radius 3 is 2.39 bits per heavy atom. The van der Waals surface area contributed by atoms with Crippen LogP contribution in [0.15, 0.2) is 30.3 Å². The van der Waals surface area contributed by atoms with Crippen molar-refractivity contribution in [3.63, 3.8) is 0 Å². The van der Waals surface area contributed by atoms with Gasteiger partial charge in [-0.2, -0.15) is 0 Å². The Morgan fingerprint density at radius 2 is 1.81 bits per heavy atom. The number of nitrogens with one attached hydrogen (secondary N) is 1. The molecule has 0 unspecified atom stereocenters. The maximum Gasteiger partial charge on any atom is 0.410 e. The van der Waals surface area contributed by atoms with Crippen molar-refractivity contribution in [2.45, 2.75) is 75.4 Å². The molecule has 0 aromatic heterocycles. The Hall–Kier alpha value is -2.32. The number of hydrogen-bond acceptors (Lipinski definition) is 6. The van der Waals surface area contributed by atoms with Crippen molar-refractivity contribution >= 4 is 12.2 Å². The number of rotatable bonds is 4. The van der Waals surface area contributed by atoms with E-state index in [1.165, 1.54) is 0 Å². The molecule has 1 aromatic rings. The number of hydrogen-bond donors (Lipinski definition) is 2. The molecule has 1 aromatic carbocycles. The smallest absolute Gasteiger partial charge is 0.410 e. The van der Waals surface area contributed by atoms with Gasteiger partial charge in [-0.05, 0) is 39.2 Å². The van der Waals surface area contributed by atoms with Crippen LogP contribution < -0.4 is 5.32 Å². The van der Waals surface area contributed by atoms with E-state index in [2.05, 4.69) is 5.32 Å². The topological polar surface area (TPSA) is 97.3 Å². The monoisotopic (exact) mass is 432 g/mol. The van der Waals surface area contributed by atoms with Gasteiger partial charge in [-0.25, -0.2) is 9.59 Å². The molecule has 4 aliphatic rings. The first-order valence-corrected chi connectivity index (χ1v) is 10.9. The summed E-state index contributed by atoms with van der Waals surface area (Å²) in [7, 11) is 0. The Morgan fingerprint density at radius 1 is 1.16 bits per heavy atom. The van der Waals surface area contributed by atoms with Gasteiger partial charge in [0.2, 0.25) is 0 Å². The molecular formula is C23H32N2O6. The molecule has 4 fully saturated rings. The summed E-state index contributed by atoms with van der Waals surface area (Å²) in [4.78, 5) is 26.7. The van der Waals surface area contributed by atoms with E-state index in [-0.39, 0.29) is 19.3 Å². The molecule has 2 N–H and O–H groups in total. The minimum Gasteiger partial charge on any atom is -0.445 e. The van der Waals surface area contributed by atoms with E-state index in [1.54, 1.807) is 4.90 Å². The number of piperidine rings is 1. The van der Waals surface area contributed by atoms with Crippen LogP contribution in [0.5, 0.6) is 0 Å². The van der Waals surface area contributed by atoms with Crippen LogP contribution in [0.2, 0.25) is 0 Å². The predicted molar refractivity (Wildman–Crippen MR) is 112 cm³/mol. The molecule has 8 heteroatoms. The average Bonchev–Trinajstić information content (AvgIpc) is 3.09. The van der Waals surface area contributed by atoms with E-state index in [0.29, 0.717) is 38.8 Å². The molecule has 1 saturated carbocycles. The summed E-state index contributed by atoms with van der Waals surface area (Å²) in [6.45, 7) is 6.57. The van der Waals surface area contributed by atoms with E-state index >= 15 is 0 Å². The first kappa shape index (κ1) is 21.9. The SMILES string of the molecule is CC(C)(C)OC(=O)N1CCC2(CC1)OC1(CO)CC2(NC(=O)OCc2ccccc2)C1.